The molecule has 0 radical (unpaired) electrons. The molecular formula is C14H14N4O5. The number of nitriles is 1. The van der Waals surface area contributed by atoms with E-state index >= 15 is 0 Å². The number of nitrogens with one attached hydrogen (secondary N) is 1. The predicted molar refractivity (Wildman–Crippen MR) is 77.8 cm³/mol. The summed E-state index contributed by atoms with van der Waals surface area (Å²) in [5.74, 6) is -1.10. The zero-order chi connectivity index (χ0) is 16.8. The molecule has 0 atom stereocenters. The molecule has 2 rings (SSSR count). The van der Waals surface area contributed by atoms with Crippen LogP contribution in [0.2, 0.25) is 0 Å². The maximum absolute atomic E-state index is 12.6. The molecule has 1 aliphatic heterocycles. The quantitative estimate of drug-likeness (QED) is 0.484. The van der Waals surface area contributed by atoms with Crippen molar-refractivity contribution in [1.29, 1.82) is 5.26 Å². The molecule has 9 nitrogen and oxygen atoms in total. The minimum absolute atomic E-state index is 0.00217. The van der Waals surface area contributed by atoms with Crippen LogP contribution >= 0.6 is 0 Å². The van der Waals surface area contributed by atoms with Crippen molar-refractivity contribution in [3.05, 3.63) is 39.4 Å². The molecule has 0 unspecified atom stereocenters. The Hall–Kier alpha value is -2.99. The van der Waals surface area contributed by atoms with Gasteiger partial charge in [-0.05, 0) is 6.07 Å². The molecule has 120 valence electrons. The predicted octanol–water partition coefficient (Wildman–Crippen LogP) is 0.321. The molecule has 9 heteroatoms. The Kier molecular flexibility index (Phi) is 5.22. The molecule has 1 saturated heterocycles. The molecule has 0 aliphatic carbocycles. The van der Waals surface area contributed by atoms with Crippen LogP contribution in [-0.2, 0) is 4.74 Å². The van der Waals surface area contributed by atoms with E-state index in [1.54, 1.807) is 6.07 Å². The summed E-state index contributed by atoms with van der Waals surface area (Å²) < 4.78 is 5.16. The molecule has 1 aliphatic rings. The number of non-ortho nitro benzene ring substituents is 1. The Morgan fingerprint density at radius 2 is 2.04 bits per heavy atom. The van der Waals surface area contributed by atoms with Crippen molar-refractivity contribution in [2.45, 2.75) is 0 Å². The highest BCUT2D eigenvalue weighted by Crippen LogP contribution is 2.20. The molecule has 0 spiro atoms. The topological polar surface area (TPSA) is 126 Å². The van der Waals surface area contributed by atoms with Gasteiger partial charge in [-0.2, -0.15) is 5.26 Å². The molecule has 2 amide bonds. The summed E-state index contributed by atoms with van der Waals surface area (Å²) in [5.41, 5.74) is -0.336. The number of carbonyl (C=O) groups excluding carboxylic acids is 2. The van der Waals surface area contributed by atoms with Crippen molar-refractivity contribution in [3.8, 4) is 6.07 Å². The number of morpholine rings is 1. The fourth-order valence-electron chi connectivity index (χ4n) is 2.17. The van der Waals surface area contributed by atoms with Gasteiger partial charge in [0, 0.05) is 25.2 Å². The van der Waals surface area contributed by atoms with Crippen LogP contribution in [0.15, 0.2) is 18.2 Å². The van der Waals surface area contributed by atoms with Crippen LogP contribution in [0.3, 0.4) is 0 Å². The normalized spacial score (nSPS) is 14.0. The van der Waals surface area contributed by atoms with Gasteiger partial charge < -0.3 is 15.0 Å². The number of nitrogens with zero attached hydrogens (tertiary/aromatic N) is 3. The molecule has 1 aromatic rings. The van der Waals surface area contributed by atoms with E-state index in [0.29, 0.717) is 26.3 Å². The molecule has 1 heterocycles. The van der Waals surface area contributed by atoms with Crippen LogP contribution in [-0.4, -0.2) is 54.5 Å². The molecule has 0 aromatic heterocycles. The Labute approximate surface area is 131 Å². The van der Waals surface area contributed by atoms with E-state index in [9.17, 15) is 19.7 Å². The van der Waals surface area contributed by atoms with Gasteiger partial charge in [0.05, 0.1) is 35.3 Å². The van der Waals surface area contributed by atoms with Crippen molar-refractivity contribution in [1.82, 2.24) is 10.2 Å². The Morgan fingerprint density at radius 1 is 1.35 bits per heavy atom. The molecule has 23 heavy (non-hydrogen) atoms. The van der Waals surface area contributed by atoms with Crippen LogP contribution in [0.25, 0.3) is 0 Å². The number of nitro groups is 1. The highest BCUT2D eigenvalue weighted by atomic mass is 16.6. The molecule has 1 aromatic carbocycles. The van der Waals surface area contributed by atoms with Gasteiger partial charge in [0.25, 0.3) is 17.5 Å². The van der Waals surface area contributed by atoms with E-state index in [1.165, 1.54) is 11.0 Å². The summed E-state index contributed by atoms with van der Waals surface area (Å²) in [4.78, 5) is 36.4. The standard InChI is InChI=1S/C14H14N4O5/c15-3-4-16-13(19)11-2-1-10(18(21)22)9-12(11)14(20)17-5-7-23-8-6-17/h1-2,9H,4-8H2,(H,16,19). The van der Waals surface area contributed by atoms with Gasteiger partial charge in [0.1, 0.15) is 6.54 Å². The number of nitro benzene ring substituents is 1. The van der Waals surface area contributed by atoms with Gasteiger partial charge in [-0.15, -0.1) is 0 Å². The number of amides is 2. The highest BCUT2D eigenvalue weighted by Gasteiger charge is 2.25. The van der Waals surface area contributed by atoms with E-state index in [0.717, 1.165) is 12.1 Å². The number of carbonyl (C=O) groups is 2. The van der Waals surface area contributed by atoms with E-state index in [-0.39, 0.29) is 23.4 Å². The first kappa shape index (κ1) is 16.4. The number of hydrogen-bond donors (Lipinski definition) is 1. The van der Waals surface area contributed by atoms with Crippen LogP contribution in [0, 0.1) is 21.4 Å². The third kappa shape index (κ3) is 3.81. The van der Waals surface area contributed by atoms with Gasteiger partial charge in [-0.3, -0.25) is 19.7 Å². The summed E-state index contributed by atoms with van der Waals surface area (Å²) in [5, 5.41) is 21.8. The molecule has 0 bridgehead atoms. The Bertz CT molecular complexity index is 676. The zero-order valence-corrected chi connectivity index (χ0v) is 12.2. The third-order valence-electron chi connectivity index (χ3n) is 3.32. The van der Waals surface area contributed by atoms with Gasteiger partial charge in [-0.1, -0.05) is 0 Å². The van der Waals surface area contributed by atoms with E-state index in [1.807, 2.05) is 0 Å². The molecule has 1 fully saturated rings. The van der Waals surface area contributed by atoms with Gasteiger partial charge in [-0.25, -0.2) is 0 Å². The zero-order valence-electron chi connectivity index (χ0n) is 12.2. The second-order valence-corrected chi connectivity index (χ2v) is 4.73. The summed E-state index contributed by atoms with van der Waals surface area (Å²) in [6, 6.07) is 5.21. The monoisotopic (exact) mass is 318 g/mol. The highest BCUT2D eigenvalue weighted by molar-refractivity contribution is 6.07. The van der Waals surface area contributed by atoms with Crippen molar-refractivity contribution >= 4 is 17.5 Å². The lowest BCUT2D eigenvalue weighted by molar-refractivity contribution is -0.384. The average molecular weight is 318 g/mol. The largest absolute Gasteiger partial charge is 0.378 e. The number of rotatable bonds is 4. The Morgan fingerprint density at radius 3 is 2.65 bits per heavy atom. The summed E-state index contributed by atoms with van der Waals surface area (Å²) in [6.45, 7) is 1.22. The van der Waals surface area contributed by atoms with Crippen LogP contribution in [0.5, 0.6) is 0 Å². The Balaban J connectivity index is 2.37. The van der Waals surface area contributed by atoms with Gasteiger partial charge >= 0.3 is 0 Å². The number of benzene rings is 1. The minimum Gasteiger partial charge on any atom is -0.378 e. The second kappa shape index (κ2) is 7.33. The van der Waals surface area contributed by atoms with Crippen molar-refractivity contribution in [2.24, 2.45) is 0 Å². The maximum atomic E-state index is 12.6. The number of hydrogen-bond acceptors (Lipinski definition) is 6. The van der Waals surface area contributed by atoms with Gasteiger partial charge in [0.2, 0.25) is 0 Å². The maximum Gasteiger partial charge on any atom is 0.270 e. The summed E-state index contributed by atoms with van der Waals surface area (Å²) in [6.07, 6.45) is 0. The lowest BCUT2D eigenvalue weighted by atomic mass is 10.0. The van der Waals surface area contributed by atoms with E-state index < -0.39 is 16.7 Å². The van der Waals surface area contributed by atoms with Crippen LogP contribution in [0.4, 0.5) is 5.69 Å². The summed E-state index contributed by atoms with van der Waals surface area (Å²) >= 11 is 0. The second-order valence-electron chi connectivity index (χ2n) is 4.73. The van der Waals surface area contributed by atoms with Crippen LogP contribution < -0.4 is 5.32 Å². The molecular weight excluding hydrogens is 304 g/mol. The fraction of sp³-hybridized carbons (Fsp3) is 0.357. The first-order valence-electron chi connectivity index (χ1n) is 6.85. The van der Waals surface area contributed by atoms with Crippen molar-refractivity contribution < 1.29 is 19.2 Å². The minimum atomic E-state index is -0.632. The lowest BCUT2D eigenvalue weighted by Crippen LogP contribution is -2.41. The van der Waals surface area contributed by atoms with Crippen molar-refractivity contribution in [3.63, 3.8) is 0 Å². The summed E-state index contributed by atoms with van der Waals surface area (Å²) in [7, 11) is 0. The molecule has 0 saturated carbocycles. The van der Waals surface area contributed by atoms with Crippen LogP contribution in [0.1, 0.15) is 20.7 Å². The molecule has 1 N–H and O–H groups in total. The third-order valence-corrected chi connectivity index (χ3v) is 3.32. The SMILES string of the molecule is N#CCNC(=O)c1ccc([N+](=O)[O-])cc1C(=O)N1CCOCC1. The first-order chi connectivity index (χ1) is 11.0. The number of ether oxygens (including phenoxy) is 1. The fourth-order valence-corrected chi connectivity index (χ4v) is 2.17. The van der Waals surface area contributed by atoms with Crippen molar-refractivity contribution in [2.75, 3.05) is 32.8 Å². The lowest BCUT2D eigenvalue weighted by Gasteiger charge is -2.27. The van der Waals surface area contributed by atoms with Gasteiger partial charge in [0.15, 0.2) is 0 Å². The van der Waals surface area contributed by atoms with E-state index in [4.69, 9.17) is 10.00 Å². The average Bonchev–Trinajstić information content (AvgIpc) is 2.59. The smallest absolute Gasteiger partial charge is 0.270 e. The van der Waals surface area contributed by atoms with E-state index in [2.05, 4.69) is 5.32 Å². The first-order valence-corrected chi connectivity index (χ1v) is 6.85.